The fourth-order valence-corrected chi connectivity index (χ4v) is 6.84. The molecule has 5 aromatic rings. The number of aromatic nitrogens is 2. The summed E-state index contributed by atoms with van der Waals surface area (Å²) in [4.78, 5) is 39.3. The minimum absolute atomic E-state index is 0.0456. The van der Waals surface area contributed by atoms with Gasteiger partial charge in [0.1, 0.15) is 23.0 Å². The summed E-state index contributed by atoms with van der Waals surface area (Å²) >= 11 is 0. The maximum Gasteiger partial charge on any atom is 0.307 e. The summed E-state index contributed by atoms with van der Waals surface area (Å²) in [7, 11) is 3.75. The molecule has 0 bridgehead atoms. The number of nitriles is 1. The van der Waals surface area contributed by atoms with Gasteiger partial charge in [0.25, 0.3) is 0 Å². The number of aliphatic carboxylic acids is 1. The van der Waals surface area contributed by atoms with Crippen LogP contribution < -0.4 is 0 Å². The van der Waals surface area contributed by atoms with Crippen molar-refractivity contribution in [2.75, 3.05) is 33.7 Å². The van der Waals surface area contributed by atoms with Crippen LogP contribution in [-0.4, -0.2) is 75.4 Å². The number of carbonyl (C=O) groups excluding carboxylic acids is 1. The summed E-state index contributed by atoms with van der Waals surface area (Å²) in [6.45, 7) is 7.01. The lowest BCUT2D eigenvalue weighted by molar-refractivity contribution is -0.141. The Bertz CT molecular complexity index is 2100. The molecule has 2 aliphatic heterocycles. The fourth-order valence-electron chi connectivity index (χ4n) is 6.84. The molecule has 3 aromatic carbocycles. The number of amides is 1. The van der Waals surface area contributed by atoms with Crippen LogP contribution >= 0.6 is 0 Å². The molecule has 48 heavy (non-hydrogen) atoms. The second-order valence-electron chi connectivity index (χ2n) is 13.0. The van der Waals surface area contributed by atoms with E-state index in [0.717, 1.165) is 50.4 Å². The van der Waals surface area contributed by atoms with Gasteiger partial charge in [-0.25, -0.2) is 9.97 Å². The van der Waals surface area contributed by atoms with Crippen LogP contribution in [0.1, 0.15) is 40.1 Å². The first-order valence-electron chi connectivity index (χ1n) is 16.0. The molecule has 11 heteroatoms. The smallest absolute Gasteiger partial charge is 0.307 e. The topological polar surface area (TPSA) is 140 Å². The van der Waals surface area contributed by atoms with Crippen molar-refractivity contribution in [3.8, 4) is 40.1 Å². The van der Waals surface area contributed by atoms with E-state index in [1.165, 1.54) is 0 Å². The van der Waals surface area contributed by atoms with Crippen LogP contribution in [-0.2, 0) is 29.2 Å². The quantitative estimate of drug-likeness (QED) is 0.227. The van der Waals surface area contributed by atoms with Crippen molar-refractivity contribution in [2.24, 2.45) is 5.92 Å². The number of carboxylic acids is 1. The van der Waals surface area contributed by atoms with Crippen molar-refractivity contribution < 1.29 is 23.5 Å². The molecule has 4 heterocycles. The average Bonchev–Trinajstić information content (AvgIpc) is 3.84. The van der Waals surface area contributed by atoms with E-state index in [-0.39, 0.29) is 11.8 Å². The molecule has 11 nitrogen and oxygen atoms in total. The lowest BCUT2D eigenvalue weighted by Crippen LogP contribution is -2.34. The highest BCUT2D eigenvalue weighted by atomic mass is 16.4. The van der Waals surface area contributed by atoms with E-state index in [9.17, 15) is 20.0 Å². The van der Waals surface area contributed by atoms with Crippen LogP contribution in [0.15, 0.2) is 57.4 Å². The molecule has 0 saturated carbocycles. The first kappa shape index (κ1) is 31.3. The molecular formula is C37H36N6O5. The molecular weight excluding hydrogens is 608 g/mol. The van der Waals surface area contributed by atoms with Gasteiger partial charge in [-0.15, -0.1) is 0 Å². The number of benzene rings is 3. The van der Waals surface area contributed by atoms with Crippen LogP contribution in [0, 0.1) is 31.1 Å². The molecule has 1 amide bonds. The van der Waals surface area contributed by atoms with Gasteiger partial charge in [-0.3, -0.25) is 14.5 Å². The van der Waals surface area contributed by atoms with Crippen molar-refractivity contribution in [1.82, 2.24) is 24.7 Å². The van der Waals surface area contributed by atoms with Crippen molar-refractivity contribution in [2.45, 2.75) is 39.9 Å². The predicted octanol–water partition coefficient (Wildman–Crippen LogP) is 5.62. The van der Waals surface area contributed by atoms with E-state index in [4.69, 9.17) is 18.8 Å². The standard InChI is InChI=1S/C37H36N6O5/c1-21-26(7-5-9-28(21)35-40-31-18-43(19-32(31)47-35)33(44)20-41(3)4)27-8-6-10-29(22(27)2)36-39-30-14-23(13-25(15-38)34(30)48-36)16-42-12-11-24(17-42)37(45)46/h5-10,13-14,24H,11-12,16-20H2,1-4H3,(H,45,46). The second kappa shape index (κ2) is 12.4. The first-order valence-corrected chi connectivity index (χ1v) is 16.0. The third kappa shape index (κ3) is 5.74. The van der Waals surface area contributed by atoms with Crippen LogP contribution in [0.2, 0.25) is 0 Å². The molecule has 1 N–H and O–H groups in total. The SMILES string of the molecule is Cc1c(-c2nc3c(o2)CN(C(=O)CN(C)C)C3)cccc1-c1cccc(-c2nc3cc(CN4CCC(C(=O)O)C4)cc(C#N)c3o2)c1C. The zero-order valence-corrected chi connectivity index (χ0v) is 27.4. The Labute approximate surface area is 278 Å². The number of oxazole rings is 2. The number of nitrogens with zero attached hydrogens (tertiary/aromatic N) is 6. The maximum absolute atomic E-state index is 12.6. The van der Waals surface area contributed by atoms with Gasteiger partial charge >= 0.3 is 5.97 Å². The van der Waals surface area contributed by atoms with Crippen molar-refractivity contribution in [3.63, 3.8) is 0 Å². The fraction of sp³-hybridized carbons (Fsp3) is 0.324. The molecule has 2 aliphatic rings. The van der Waals surface area contributed by atoms with Gasteiger partial charge in [0.15, 0.2) is 5.58 Å². The number of hydrogen-bond acceptors (Lipinski definition) is 9. The van der Waals surface area contributed by atoms with Gasteiger partial charge in [-0.1, -0.05) is 24.3 Å². The largest absolute Gasteiger partial charge is 0.481 e. The number of rotatable bonds is 8. The zero-order valence-electron chi connectivity index (χ0n) is 27.4. The van der Waals surface area contributed by atoms with Crippen molar-refractivity contribution >= 4 is 23.0 Å². The highest BCUT2D eigenvalue weighted by Crippen LogP contribution is 2.39. The van der Waals surface area contributed by atoms with Crippen molar-refractivity contribution in [1.29, 1.82) is 5.26 Å². The summed E-state index contributed by atoms with van der Waals surface area (Å²) in [6.07, 6.45) is 0.618. The Morgan fingerprint density at radius 2 is 1.65 bits per heavy atom. The third-order valence-corrected chi connectivity index (χ3v) is 9.37. The number of likely N-dealkylation sites (N-methyl/N-ethyl adjacent to an activating group) is 1. The summed E-state index contributed by atoms with van der Waals surface area (Å²) in [5, 5.41) is 19.3. The number of carbonyl (C=O) groups is 2. The normalized spacial score (nSPS) is 16.2. The van der Waals surface area contributed by atoms with Gasteiger partial charge in [-0.2, -0.15) is 5.26 Å². The van der Waals surface area contributed by atoms with Crippen LogP contribution in [0.3, 0.4) is 0 Å². The molecule has 0 radical (unpaired) electrons. The Balaban J connectivity index is 1.17. The van der Waals surface area contributed by atoms with E-state index in [0.29, 0.717) is 74.1 Å². The molecule has 1 fully saturated rings. The molecule has 0 spiro atoms. The predicted molar refractivity (Wildman–Crippen MR) is 178 cm³/mol. The van der Waals surface area contributed by atoms with E-state index in [1.807, 2.05) is 56.3 Å². The summed E-state index contributed by atoms with van der Waals surface area (Å²) < 4.78 is 12.5. The van der Waals surface area contributed by atoms with E-state index in [2.05, 4.69) is 30.0 Å². The summed E-state index contributed by atoms with van der Waals surface area (Å²) in [6, 6.07) is 18.1. The number of fused-ring (bicyclic) bond motifs is 2. The third-order valence-electron chi connectivity index (χ3n) is 9.37. The molecule has 1 saturated heterocycles. The number of hydrogen-bond donors (Lipinski definition) is 1. The Hall–Kier alpha value is -5.31. The first-order chi connectivity index (χ1) is 23.1. The molecule has 244 valence electrons. The number of likely N-dealkylation sites (tertiary alicyclic amines) is 1. The summed E-state index contributed by atoms with van der Waals surface area (Å²) in [5.41, 5.74) is 8.84. The van der Waals surface area contributed by atoms with E-state index < -0.39 is 5.97 Å². The maximum atomic E-state index is 12.6. The lowest BCUT2D eigenvalue weighted by atomic mass is 9.91. The minimum atomic E-state index is -0.770. The van der Waals surface area contributed by atoms with Crippen LogP contribution in [0.4, 0.5) is 0 Å². The number of carboxylic acid groups (broad SMARTS) is 1. The van der Waals surface area contributed by atoms with Gasteiger partial charge < -0.3 is 23.7 Å². The summed E-state index contributed by atoms with van der Waals surface area (Å²) in [5.74, 6) is 0.601. The molecule has 2 aromatic heterocycles. The highest BCUT2D eigenvalue weighted by Gasteiger charge is 2.30. The molecule has 1 unspecified atom stereocenters. The van der Waals surface area contributed by atoms with Gasteiger partial charge in [-0.05, 0) is 93.0 Å². The second-order valence-corrected chi connectivity index (χ2v) is 13.0. The monoisotopic (exact) mass is 644 g/mol. The van der Waals surface area contributed by atoms with Crippen LogP contribution in [0.25, 0.3) is 45.1 Å². The Morgan fingerprint density at radius 1 is 0.979 bits per heavy atom. The zero-order chi connectivity index (χ0) is 33.7. The lowest BCUT2D eigenvalue weighted by Gasteiger charge is -2.18. The Morgan fingerprint density at radius 3 is 2.25 bits per heavy atom. The van der Waals surface area contributed by atoms with E-state index >= 15 is 0 Å². The van der Waals surface area contributed by atoms with Crippen LogP contribution in [0.5, 0.6) is 0 Å². The van der Waals surface area contributed by atoms with Crippen molar-refractivity contribution in [3.05, 3.63) is 82.2 Å². The minimum Gasteiger partial charge on any atom is -0.481 e. The highest BCUT2D eigenvalue weighted by molar-refractivity contribution is 5.85. The Kier molecular flexibility index (Phi) is 8.07. The molecule has 0 aliphatic carbocycles. The van der Waals surface area contributed by atoms with Gasteiger partial charge in [0.05, 0.1) is 31.1 Å². The van der Waals surface area contributed by atoms with Gasteiger partial charge in [0.2, 0.25) is 17.7 Å². The molecule has 1 atom stereocenters. The average molecular weight is 645 g/mol. The van der Waals surface area contributed by atoms with Gasteiger partial charge in [0, 0.05) is 24.2 Å². The van der Waals surface area contributed by atoms with E-state index in [1.54, 1.807) is 11.0 Å². The molecule has 7 rings (SSSR count).